The Balaban J connectivity index is 0.00000280. The number of hydrogen-bond acceptors (Lipinski definition) is 5. The zero-order valence-corrected chi connectivity index (χ0v) is 20.0. The molecular formula is C18H26IN5O2S2. The fourth-order valence-corrected chi connectivity index (χ4v) is 5.15. The molecule has 0 saturated carbocycles. The van der Waals surface area contributed by atoms with E-state index >= 15 is 0 Å². The van der Waals surface area contributed by atoms with Gasteiger partial charge in [-0.25, -0.2) is 13.4 Å². The second-order valence-corrected chi connectivity index (χ2v) is 9.66. The minimum absolute atomic E-state index is 0. The van der Waals surface area contributed by atoms with Crippen LogP contribution in [-0.4, -0.2) is 43.8 Å². The zero-order chi connectivity index (χ0) is 19.3. The van der Waals surface area contributed by atoms with Crippen LogP contribution in [0.5, 0.6) is 0 Å². The van der Waals surface area contributed by atoms with E-state index in [1.54, 1.807) is 34.8 Å². The van der Waals surface area contributed by atoms with Gasteiger partial charge in [0.15, 0.2) is 5.96 Å². The van der Waals surface area contributed by atoms with E-state index in [2.05, 4.69) is 20.6 Å². The van der Waals surface area contributed by atoms with Crippen molar-refractivity contribution in [1.82, 2.24) is 19.9 Å². The molecule has 28 heavy (non-hydrogen) atoms. The first-order chi connectivity index (χ1) is 13.0. The van der Waals surface area contributed by atoms with Gasteiger partial charge in [-0.15, -0.1) is 35.3 Å². The molecule has 2 heterocycles. The van der Waals surface area contributed by atoms with E-state index in [0.29, 0.717) is 37.0 Å². The highest BCUT2D eigenvalue weighted by molar-refractivity contribution is 14.0. The van der Waals surface area contributed by atoms with Crippen LogP contribution >= 0.6 is 35.3 Å². The molecule has 1 fully saturated rings. The van der Waals surface area contributed by atoms with Crippen molar-refractivity contribution in [2.45, 2.75) is 37.8 Å². The van der Waals surface area contributed by atoms with E-state index < -0.39 is 10.0 Å². The number of sulfonamides is 1. The maximum absolute atomic E-state index is 12.6. The van der Waals surface area contributed by atoms with Crippen LogP contribution < -0.4 is 10.6 Å². The first kappa shape index (κ1) is 23.0. The number of nitrogens with zero attached hydrogens (tertiary/aromatic N) is 3. The number of aromatic nitrogens is 1. The molecule has 0 atom stereocenters. The second-order valence-electron chi connectivity index (χ2n) is 6.40. The molecule has 154 valence electrons. The van der Waals surface area contributed by atoms with Gasteiger partial charge in [0.2, 0.25) is 10.0 Å². The number of aryl methyl sites for hydroxylation is 1. The van der Waals surface area contributed by atoms with E-state index in [0.717, 1.165) is 23.4 Å². The lowest BCUT2D eigenvalue weighted by atomic mass is 10.2. The summed E-state index contributed by atoms with van der Waals surface area (Å²) in [6.45, 7) is 4.44. The molecule has 1 aromatic carbocycles. The Morgan fingerprint density at radius 3 is 2.39 bits per heavy atom. The third kappa shape index (κ3) is 5.88. The molecule has 0 aliphatic carbocycles. The Hall–Kier alpha value is -1.24. The minimum atomic E-state index is -3.36. The maximum atomic E-state index is 12.6. The monoisotopic (exact) mass is 535 g/mol. The molecule has 0 amide bonds. The van der Waals surface area contributed by atoms with Crippen LogP contribution in [0.2, 0.25) is 0 Å². The largest absolute Gasteiger partial charge is 0.352 e. The number of benzene rings is 1. The molecule has 3 rings (SSSR count). The van der Waals surface area contributed by atoms with Gasteiger partial charge in [-0.1, -0.05) is 12.1 Å². The minimum Gasteiger partial charge on any atom is -0.352 e. The van der Waals surface area contributed by atoms with Gasteiger partial charge in [0.05, 0.1) is 11.4 Å². The van der Waals surface area contributed by atoms with Gasteiger partial charge < -0.3 is 10.6 Å². The average molecular weight is 535 g/mol. The Morgan fingerprint density at radius 2 is 1.82 bits per heavy atom. The van der Waals surface area contributed by atoms with Crippen molar-refractivity contribution in [3.63, 3.8) is 0 Å². The van der Waals surface area contributed by atoms with Crippen molar-refractivity contribution in [2.75, 3.05) is 20.1 Å². The Bertz CT molecular complexity index is 891. The molecule has 1 saturated heterocycles. The molecule has 7 nitrogen and oxygen atoms in total. The molecule has 1 aliphatic heterocycles. The standard InChI is InChI=1S/C18H25N5O2S2.HI/c1-14-11-20-17(26-14)13-22-18(19-2)21-12-15-5-7-16(8-6-15)27(24,25)23-9-3-4-10-23;/h5-8,11H,3-4,9-10,12-13H2,1-2H3,(H2,19,21,22);1H. The summed E-state index contributed by atoms with van der Waals surface area (Å²) in [4.78, 5) is 10.1. The third-order valence-electron chi connectivity index (χ3n) is 4.39. The molecule has 0 bridgehead atoms. The number of halogens is 1. The van der Waals surface area contributed by atoms with Gasteiger partial charge in [0.1, 0.15) is 5.01 Å². The highest BCUT2D eigenvalue weighted by Crippen LogP contribution is 2.21. The van der Waals surface area contributed by atoms with E-state index in [-0.39, 0.29) is 24.0 Å². The van der Waals surface area contributed by atoms with Gasteiger partial charge >= 0.3 is 0 Å². The van der Waals surface area contributed by atoms with Gasteiger partial charge in [-0.3, -0.25) is 4.99 Å². The van der Waals surface area contributed by atoms with Crippen molar-refractivity contribution in [3.8, 4) is 0 Å². The van der Waals surface area contributed by atoms with Crippen molar-refractivity contribution >= 4 is 51.3 Å². The van der Waals surface area contributed by atoms with Crippen LogP contribution in [0, 0.1) is 6.92 Å². The smallest absolute Gasteiger partial charge is 0.243 e. The summed E-state index contributed by atoms with van der Waals surface area (Å²) < 4.78 is 26.7. The van der Waals surface area contributed by atoms with Gasteiger partial charge in [-0.05, 0) is 37.5 Å². The molecule has 1 aliphatic rings. The van der Waals surface area contributed by atoms with Crippen LogP contribution in [0.4, 0.5) is 0 Å². The van der Waals surface area contributed by atoms with Crippen molar-refractivity contribution < 1.29 is 8.42 Å². The first-order valence-electron chi connectivity index (χ1n) is 8.94. The number of thiazole rings is 1. The third-order valence-corrected chi connectivity index (χ3v) is 7.21. The Kier molecular flexibility index (Phi) is 8.65. The number of aliphatic imine (C=N–C) groups is 1. The number of guanidine groups is 1. The topological polar surface area (TPSA) is 86.7 Å². The lowest BCUT2D eigenvalue weighted by Gasteiger charge is -2.16. The summed E-state index contributed by atoms with van der Waals surface area (Å²) >= 11 is 1.65. The number of hydrogen-bond donors (Lipinski definition) is 2. The highest BCUT2D eigenvalue weighted by Gasteiger charge is 2.26. The van der Waals surface area contributed by atoms with E-state index in [1.807, 2.05) is 25.3 Å². The first-order valence-corrected chi connectivity index (χ1v) is 11.2. The summed E-state index contributed by atoms with van der Waals surface area (Å²) in [6.07, 6.45) is 3.73. The van der Waals surface area contributed by atoms with Crippen LogP contribution in [0.25, 0.3) is 0 Å². The lowest BCUT2D eigenvalue weighted by Crippen LogP contribution is -2.36. The number of rotatable bonds is 6. The normalized spacial score (nSPS) is 15.3. The molecule has 2 N–H and O–H groups in total. The fourth-order valence-electron chi connectivity index (χ4n) is 2.91. The summed E-state index contributed by atoms with van der Waals surface area (Å²) in [5, 5.41) is 7.46. The van der Waals surface area contributed by atoms with E-state index in [4.69, 9.17) is 0 Å². The number of nitrogens with one attached hydrogen (secondary N) is 2. The molecule has 2 aromatic rings. The predicted octanol–water partition coefficient (Wildman–Crippen LogP) is 2.72. The SMILES string of the molecule is CN=C(NCc1ccc(S(=O)(=O)N2CCCC2)cc1)NCc1ncc(C)s1.I. The average Bonchev–Trinajstić information content (AvgIpc) is 3.34. The maximum Gasteiger partial charge on any atom is 0.243 e. The molecule has 0 spiro atoms. The predicted molar refractivity (Wildman–Crippen MR) is 124 cm³/mol. The van der Waals surface area contributed by atoms with Crippen molar-refractivity contribution in [1.29, 1.82) is 0 Å². The van der Waals surface area contributed by atoms with Crippen molar-refractivity contribution in [3.05, 3.63) is 45.9 Å². The van der Waals surface area contributed by atoms with Crippen LogP contribution in [-0.2, 0) is 23.1 Å². The lowest BCUT2D eigenvalue weighted by molar-refractivity contribution is 0.477. The summed E-state index contributed by atoms with van der Waals surface area (Å²) in [6, 6.07) is 7.04. The van der Waals surface area contributed by atoms with Crippen LogP contribution in [0.1, 0.15) is 28.3 Å². The molecule has 1 aromatic heterocycles. The molecule has 10 heteroatoms. The van der Waals surface area contributed by atoms with Gasteiger partial charge in [0.25, 0.3) is 0 Å². The fraction of sp³-hybridized carbons (Fsp3) is 0.444. The Labute approximate surface area is 187 Å². The van der Waals surface area contributed by atoms with Gasteiger partial charge in [-0.2, -0.15) is 4.31 Å². The quantitative estimate of drug-likeness (QED) is 0.338. The van der Waals surface area contributed by atoms with E-state index in [1.165, 1.54) is 4.88 Å². The Morgan fingerprint density at radius 1 is 1.18 bits per heavy atom. The molecule has 0 unspecified atom stereocenters. The molecular weight excluding hydrogens is 509 g/mol. The van der Waals surface area contributed by atoms with Crippen molar-refractivity contribution in [2.24, 2.45) is 4.99 Å². The van der Waals surface area contributed by atoms with Gasteiger partial charge in [0, 0.05) is 37.8 Å². The molecule has 0 radical (unpaired) electrons. The second kappa shape index (κ2) is 10.5. The summed E-state index contributed by atoms with van der Waals surface area (Å²) in [7, 11) is -1.64. The zero-order valence-electron chi connectivity index (χ0n) is 16.0. The van der Waals surface area contributed by atoms with E-state index in [9.17, 15) is 8.42 Å². The van der Waals surface area contributed by atoms with Crippen LogP contribution in [0.15, 0.2) is 40.4 Å². The highest BCUT2D eigenvalue weighted by atomic mass is 127. The summed E-state index contributed by atoms with van der Waals surface area (Å²) in [5.74, 6) is 0.677. The van der Waals surface area contributed by atoms with Crippen LogP contribution in [0.3, 0.4) is 0 Å². The summed E-state index contributed by atoms with van der Waals surface area (Å²) in [5.41, 5.74) is 0.989.